The lowest BCUT2D eigenvalue weighted by atomic mass is 10.1. The van der Waals surface area contributed by atoms with Gasteiger partial charge < -0.3 is 10.1 Å². The largest absolute Gasteiger partial charge is 0.486 e. The van der Waals surface area contributed by atoms with Crippen LogP contribution in [-0.4, -0.2) is 21.2 Å². The molecule has 0 fully saturated rings. The Labute approximate surface area is 166 Å². The van der Waals surface area contributed by atoms with E-state index in [1.165, 1.54) is 22.5 Å². The Kier molecular flexibility index (Phi) is 6.10. The summed E-state index contributed by atoms with van der Waals surface area (Å²) in [5.41, 5.74) is 2.92. The molecule has 3 aromatic rings. The molecule has 2 N–H and O–H groups in total. The van der Waals surface area contributed by atoms with Crippen molar-refractivity contribution >= 4 is 39.7 Å². The number of nitrogens with one attached hydrogen (secondary N) is 2. The number of thiocarbonyl (C=S) groups is 1. The Morgan fingerprint density at radius 1 is 1.11 bits per heavy atom. The zero-order valence-electron chi connectivity index (χ0n) is 14.9. The molecule has 8 heteroatoms. The van der Waals surface area contributed by atoms with E-state index in [1.807, 2.05) is 31.2 Å². The lowest BCUT2D eigenvalue weighted by Gasteiger charge is -2.07. The topological polar surface area (TPSA) is 76.1 Å². The first-order valence-corrected chi connectivity index (χ1v) is 9.43. The maximum Gasteiger partial charge on any atom is 0.257 e. The molecule has 2 aromatic carbocycles. The van der Waals surface area contributed by atoms with E-state index in [2.05, 4.69) is 27.8 Å². The van der Waals surface area contributed by atoms with Crippen molar-refractivity contribution in [1.29, 1.82) is 0 Å². The fraction of sp³-hybridized carbons (Fsp3) is 0.158. The molecule has 1 aromatic heterocycles. The number of nitrogens with zero attached hydrogens (tertiary/aromatic N) is 2. The summed E-state index contributed by atoms with van der Waals surface area (Å²) >= 11 is 6.47. The highest BCUT2D eigenvalue weighted by Gasteiger charge is 2.10. The van der Waals surface area contributed by atoms with Crippen molar-refractivity contribution in [2.24, 2.45) is 0 Å². The molecule has 27 heavy (non-hydrogen) atoms. The van der Waals surface area contributed by atoms with Crippen LogP contribution >= 0.6 is 23.6 Å². The number of aromatic nitrogens is 2. The second-order valence-electron chi connectivity index (χ2n) is 5.81. The predicted octanol–water partition coefficient (Wildman–Crippen LogP) is 3.86. The highest BCUT2D eigenvalue weighted by atomic mass is 32.1. The van der Waals surface area contributed by atoms with Gasteiger partial charge in [-0.1, -0.05) is 35.6 Å². The van der Waals surface area contributed by atoms with Gasteiger partial charge in [0.25, 0.3) is 5.91 Å². The highest BCUT2D eigenvalue weighted by molar-refractivity contribution is 7.80. The van der Waals surface area contributed by atoms with Gasteiger partial charge in [0.05, 0.1) is 0 Å². The Morgan fingerprint density at radius 3 is 2.63 bits per heavy atom. The van der Waals surface area contributed by atoms with Crippen molar-refractivity contribution in [3.8, 4) is 5.75 Å². The SMILES string of the molecule is Cc1ccc(OCc2nnc(NC(=S)NC(=O)c3ccccc3)s2)cc1C. The van der Waals surface area contributed by atoms with Gasteiger partial charge in [-0.05, 0) is 61.5 Å². The molecule has 0 bridgehead atoms. The minimum absolute atomic E-state index is 0.168. The molecule has 0 aliphatic carbocycles. The van der Waals surface area contributed by atoms with Crippen molar-refractivity contribution in [1.82, 2.24) is 15.5 Å². The van der Waals surface area contributed by atoms with Crippen molar-refractivity contribution in [3.63, 3.8) is 0 Å². The minimum Gasteiger partial charge on any atom is -0.486 e. The molecule has 0 spiro atoms. The fourth-order valence-electron chi connectivity index (χ4n) is 2.20. The van der Waals surface area contributed by atoms with Gasteiger partial charge in [0.15, 0.2) is 10.1 Å². The first-order valence-electron chi connectivity index (χ1n) is 8.21. The van der Waals surface area contributed by atoms with Crippen LogP contribution in [0, 0.1) is 13.8 Å². The van der Waals surface area contributed by atoms with Crippen LogP contribution in [0.2, 0.25) is 0 Å². The van der Waals surface area contributed by atoms with E-state index in [0.717, 1.165) is 5.75 Å². The molecule has 6 nitrogen and oxygen atoms in total. The molecule has 1 amide bonds. The quantitative estimate of drug-likeness (QED) is 0.636. The number of hydrogen-bond donors (Lipinski definition) is 2. The van der Waals surface area contributed by atoms with E-state index in [4.69, 9.17) is 17.0 Å². The third-order valence-corrected chi connectivity index (χ3v) is 4.81. The number of amides is 1. The molecule has 0 atom stereocenters. The van der Waals surface area contributed by atoms with Gasteiger partial charge in [0, 0.05) is 5.56 Å². The summed E-state index contributed by atoms with van der Waals surface area (Å²) < 4.78 is 5.75. The van der Waals surface area contributed by atoms with Crippen LogP contribution in [0.15, 0.2) is 48.5 Å². The monoisotopic (exact) mass is 398 g/mol. The number of rotatable bonds is 5. The molecule has 0 saturated carbocycles. The summed E-state index contributed by atoms with van der Waals surface area (Å²) in [6.07, 6.45) is 0. The van der Waals surface area contributed by atoms with Crippen molar-refractivity contribution in [3.05, 3.63) is 70.2 Å². The van der Waals surface area contributed by atoms with E-state index >= 15 is 0 Å². The first-order chi connectivity index (χ1) is 13.0. The zero-order chi connectivity index (χ0) is 19.2. The van der Waals surface area contributed by atoms with Crippen molar-refractivity contribution in [2.45, 2.75) is 20.5 Å². The summed E-state index contributed by atoms with van der Waals surface area (Å²) in [5.74, 6) is 0.504. The Balaban J connectivity index is 1.52. The smallest absolute Gasteiger partial charge is 0.257 e. The van der Waals surface area contributed by atoms with E-state index < -0.39 is 0 Å². The summed E-state index contributed by atoms with van der Waals surface area (Å²) in [7, 11) is 0. The van der Waals surface area contributed by atoms with E-state index in [-0.39, 0.29) is 11.0 Å². The van der Waals surface area contributed by atoms with Crippen LogP contribution in [0.4, 0.5) is 5.13 Å². The van der Waals surface area contributed by atoms with Crippen LogP contribution in [0.5, 0.6) is 5.75 Å². The molecule has 0 unspecified atom stereocenters. The standard InChI is InChI=1S/C19H18N4O2S2/c1-12-8-9-15(10-13(12)2)25-11-16-22-23-19(27-16)21-18(26)20-17(24)14-6-4-3-5-7-14/h3-10H,11H2,1-2H3,(H2,20,21,23,24,26). The number of anilines is 1. The van der Waals surface area contributed by atoms with Gasteiger partial charge in [-0.2, -0.15) is 0 Å². The van der Waals surface area contributed by atoms with Crippen LogP contribution in [0.3, 0.4) is 0 Å². The summed E-state index contributed by atoms with van der Waals surface area (Å²) in [6.45, 7) is 4.41. The van der Waals surface area contributed by atoms with Crippen LogP contribution < -0.4 is 15.4 Å². The molecular weight excluding hydrogens is 380 g/mol. The summed E-state index contributed by atoms with van der Waals surface area (Å²) in [5, 5.41) is 14.9. The van der Waals surface area contributed by atoms with Gasteiger partial charge in [0.2, 0.25) is 5.13 Å². The maximum atomic E-state index is 12.1. The first kappa shape index (κ1) is 18.9. The molecule has 1 heterocycles. The van der Waals surface area contributed by atoms with Gasteiger partial charge in [0.1, 0.15) is 12.4 Å². The third kappa shape index (κ3) is 5.32. The molecule has 0 saturated heterocycles. The molecule has 138 valence electrons. The van der Waals surface area contributed by atoms with Gasteiger partial charge in [-0.15, -0.1) is 10.2 Å². The lowest BCUT2D eigenvalue weighted by molar-refractivity contribution is 0.0977. The summed E-state index contributed by atoms with van der Waals surface area (Å²) in [4.78, 5) is 12.1. The second kappa shape index (κ2) is 8.70. The number of benzene rings is 2. The zero-order valence-corrected chi connectivity index (χ0v) is 16.5. The molecule has 0 radical (unpaired) electrons. The average Bonchev–Trinajstić information content (AvgIpc) is 3.10. The number of hydrogen-bond acceptors (Lipinski definition) is 6. The lowest BCUT2D eigenvalue weighted by Crippen LogP contribution is -2.34. The molecular formula is C19H18N4O2S2. The van der Waals surface area contributed by atoms with E-state index in [0.29, 0.717) is 22.3 Å². The number of ether oxygens (including phenoxy) is 1. The van der Waals surface area contributed by atoms with Gasteiger partial charge in [-0.3, -0.25) is 10.1 Å². The Bertz CT molecular complexity index is 957. The summed E-state index contributed by atoms with van der Waals surface area (Å²) in [6, 6.07) is 14.8. The molecule has 3 rings (SSSR count). The van der Waals surface area contributed by atoms with Crippen LogP contribution in [-0.2, 0) is 6.61 Å². The minimum atomic E-state index is -0.282. The average molecular weight is 399 g/mol. The number of carbonyl (C=O) groups excluding carboxylic acids is 1. The third-order valence-electron chi connectivity index (χ3n) is 3.79. The molecule has 0 aliphatic rings. The van der Waals surface area contributed by atoms with Crippen molar-refractivity contribution in [2.75, 3.05) is 5.32 Å². The molecule has 0 aliphatic heterocycles. The normalized spacial score (nSPS) is 10.3. The van der Waals surface area contributed by atoms with Gasteiger partial charge in [-0.25, -0.2) is 0 Å². The van der Waals surface area contributed by atoms with E-state index in [9.17, 15) is 4.79 Å². The fourth-order valence-corrected chi connectivity index (χ4v) is 3.12. The van der Waals surface area contributed by atoms with Gasteiger partial charge >= 0.3 is 0 Å². The van der Waals surface area contributed by atoms with E-state index in [1.54, 1.807) is 24.3 Å². The predicted molar refractivity (Wildman–Crippen MR) is 110 cm³/mol. The highest BCUT2D eigenvalue weighted by Crippen LogP contribution is 2.20. The Morgan fingerprint density at radius 2 is 1.89 bits per heavy atom. The maximum absolute atomic E-state index is 12.1. The van der Waals surface area contributed by atoms with Crippen LogP contribution in [0.1, 0.15) is 26.5 Å². The number of aryl methyl sites for hydroxylation is 2. The Hall–Kier alpha value is -2.84. The second-order valence-corrected chi connectivity index (χ2v) is 7.28. The van der Waals surface area contributed by atoms with Crippen LogP contribution in [0.25, 0.3) is 0 Å². The van der Waals surface area contributed by atoms with Crippen molar-refractivity contribution < 1.29 is 9.53 Å². The number of carbonyl (C=O) groups is 1.